The molecule has 12 nitrogen and oxygen atoms in total. The lowest BCUT2D eigenvalue weighted by molar-refractivity contribution is -0.384. The summed E-state index contributed by atoms with van der Waals surface area (Å²) in [5.74, 6) is -1.43. The summed E-state index contributed by atoms with van der Waals surface area (Å²) in [5.41, 5.74) is -6.35. The number of methoxy groups -OCH3 is 1. The summed E-state index contributed by atoms with van der Waals surface area (Å²) in [5, 5.41) is 10.9. The van der Waals surface area contributed by atoms with Gasteiger partial charge in [0.15, 0.2) is 0 Å². The number of alkyl halides is 3. The van der Waals surface area contributed by atoms with Gasteiger partial charge in [-0.25, -0.2) is 28.1 Å². The molecule has 3 rings (SSSR count). The highest BCUT2D eigenvalue weighted by molar-refractivity contribution is 6.31. The second kappa shape index (κ2) is 9.69. The van der Waals surface area contributed by atoms with Gasteiger partial charge in [-0.05, 0) is 18.2 Å². The van der Waals surface area contributed by atoms with Crippen LogP contribution in [0.4, 0.5) is 18.9 Å². The molecule has 0 radical (unpaired) electrons. The monoisotopic (exact) mass is 530 g/mol. The van der Waals surface area contributed by atoms with Crippen LogP contribution in [0.2, 0.25) is 5.02 Å². The summed E-state index contributed by atoms with van der Waals surface area (Å²) in [4.78, 5) is 60.4. The fraction of sp³-hybridized carbons (Fsp3) is 0.200. The van der Waals surface area contributed by atoms with Gasteiger partial charge in [0.1, 0.15) is 23.7 Å². The lowest BCUT2D eigenvalue weighted by Crippen LogP contribution is -2.53. The summed E-state index contributed by atoms with van der Waals surface area (Å²) in [7, 11) is 1.97. The lowest BCUT2D eigenvalue weighted by Gasteiger charge is -2.13. The number of carbonyl (C=O) groups is 1. The van der Waals surface area contributed by atoms with Crippen molar-refractivity contribution in [2.45, 2.75) is 12.7 Å². The maximum atomic E-state index is 13.0. The van der Waals surface area contributed by atoms with Crippen LogP contribution >= 0.6 is 11.6 Å². The molecule has 0 aliphatic carbocycles. The Hall–Kier alpha value is -4.40. The van der Waals surface area contributed by atoms with Gasteiger partial charge in [0.05, 0.1) is 22.6 Å². The molecule has 1 heterocycles. The number of ether oxygens (including phenoxy) is 2. The van der Waals surface area contributed by atoms with Crippen LogP contribution in [-0.4, -0.2) is 31.7 Å². The Morgan fingerprint density at radius 2 is 1.67 bits per heavy atom. The molecule has 3 aromatic rings. The van der Waals surface area contributed by atoms with E-state index in [4.69, 9.17) is 16.3 Å². The van der Waals surface area contributed by atoms with Gasteiger partial charge in [0.25, 0.3) is 5.69 Å². The molecule has 0 atom stereocenters. The number of nitro benzene ring substituents is 1. The van der Waals surface area contributed by atoms with E-state index in [0.29, 0.717) is 15.2 Å². The minimum Gasteiger partial charge on any atom is -0.468 e. The molecule has 0 aliphatic rings. The molecule has 2 aromatic carbocycles. The van der Waals surface area contributed by atoms with Crippen LogP contribution in [0.3, 0.4) is 0 Å². The standard InChI is InChI=1S/C20H14ClF3N4O8/c1-25-17(30)26(9-16(29)35-2)19(32)27(18(25)31)15-8-11(4-6-14(15)28(33)34)36-10-3-5-12(13(21)7-10)20(22,23)24/h3-8H,9H2,1-2H3. The molecular weight excluding hydrogens is 517 g/mol. The summed E-state index contributed by atoms with van der Waals surface area (Å²) >= 11 is 5.67. The zero-order valence-electron chi connectivity index (χ0n) is 18.2. The topological polar surface area (TPSA) is 145 Å². The van der Waals surface area contributed by atoms with Gasteiger partial charge >= 0.3 is 29.2 Å². The first kappa shape index (κ1) is 26.2. The third kappa shape index (κ3) is 5.00. The van der Waals surface area contributed by atoms with Crippen molar-refractivity contribution in [1.29, 1.82) is 0 Å². The van der Waals surface area contributed by atoms with E-state index in [1.807, 2.05) is 0 Å². The molecule has 0 N–H and O–H groups in total. The van der Waals surface area contributed by atoms with Crippen LogP contribution in [0.15, 0.2) is 50.8 Å². The fourth-order valence-corrected chi connectivity index (χ4v) is 3.34. The normalized spacial score (nSPS) is 11.3. The number of rotatable bonds is 6. The van der Waals surface area contributed by atoms with Crippen LogP contribution in [-0.2, 0) is 29.3 Å². The molecule has 0 amide bonds. The Balaban J connectivity index is 2.20. The SMILES string of the molecule is COC(=O)Cn1c(=O)n(C)c(=O)n(-c2cc(Oc3ccc(C(F)(F)F)c(Cl)c3)ccc2[N+](=O)[O-])c1=O. The molecule has 0 saturated carbocycles. The third-order valence-electron chi connectivity index (χ3n) is 4.80. The first-order valence-electron chi connectivity index (χ1n) is 9.59. The average Bonchev–Trinajstić information content (AvgIpc) is 2.79. The van der Waals surface area contributed by atoms with E-state index in [9.17, 15) is 42.5 Å². The highest BCUT2D eigenvalue weighted by Gasteiger charge is 2.33. The summed E-state index contributed by atoms with van der Waals surface area (Å²) < 4.78 is 49.7. The Labute approximate surface area is 202 Å². The molecule has 0 spiro atoms. The number of aromatic nitrogens is 3. The molecule has 0 saturated heterocycles. The van der Waals surface area contributed by atoms with E-state index in [1.165, 1.54) is 0 Å². The molecule has 0 fully saturated rings. The van der Waals surface area contributed by atoms with Crippen LogP contribution in [0.1, 0.15) is 5.56 Å². The lowest BCUT2D eigenvalue weighted by atomic mass is 10.2. The minimum atomic E-state index is -4.72. The van der Waals surface area contributed by atoms with Crippen LogP contribution in [0.5, 0.6) is 11.5 Å². The Kier molecular flexibility index (Phi) is 7.05. The molecular formula is C20H14ClF3N4O8. The van der Waals surface area contributed by atoms with E-state index < -0.39 is 62.6 Å². The molecule has 190 valence electrons. The van der Waals surface area contributed by atoms with E-state index in [0.717, 1.165) is 44.5 Å². The van der Waals surface area contributed by atoms with E-state index in [1.54, 1.807) is 0 Å². The predicted molar refractivity (Wildman–Crippen MR) is 117 cm³/mol. The summed E-state index contributed by atoms with van der Waals surface area (Å²) in [6.45, 7) is -0.893. The number of carbonyl (C=O) groups excluding carboxylic acids is 1. The number of nitrogens with zero attached hydrogens (tertiary/aromatic N) is 4. The zero-order valence-corrected chi connectivity index (χ0v) is 19.0. The summed E-state index contributed by atoms with van der Waals surface area (Å²) in [6, 6.07) is 5.28. The largest absolute Gasteiger partial charge is 0.468 e. The van der Waals surface area contributed by atoms with Crippen molar-refractivity contribution in [3.8, 4) is 17.2 Å². The molecule has 0 unspecified atom stereocenters. The molecule has 0 bridgehead atoms. The van der Waals surface area contributed by atoms with Crippen molar-refractivity contribution in [1.82, 2.24) is 13.7 Å². The third-order valence-corrected chi connectivity index (χ3v) is 5.11. The molecule has 16 heteroatoms. The van der Waals surface area contributed by atoms with Crippen LogP contribution in [0, 0.1) is 10.1 Å². The zero-order chi connectivity index (χ0) is 26.9. The van der Waals surface area contributed by atoms with Crippen molar-refractivity contribution in [3.63, 3.8) is 0 Å². The smallest absolute Gasteiger partial charge is 0.417 e. The maximum Gasteiger partial charge on any atom is 0.417 e. The van der Waals surface area contributed by atoms with Crippen LogP contribution < -0.4 is 21.8 Å². The molecule has 1 aromatic heterocycles. The average molecular weight is 531 g/mol. The quantitative estimate of drug-likeness (QED) is 0.268. The number of hydrogen-bond donors (Lipinski definition) is 0. The van der Waals surface area contributed by atoms with E-state index in [2.05, 4.69) is 4.74 Å². The maximum absolute atomic E-state index is 13.0. The number of nitro groups is 1. The van der Waals surface area contributed by atoms with Gasteiger partial charge in [-0.2, -0.15) is 13.2 Å². The van der Waals surface area contributed by atoms with Crippen molar-refractivity contribution >= 4 is 23.3 Å². The highest BCUT2D eigenvalue weighted by Crippen LogP contribution is 2.37. The van der Waals surface area contributed by atoms with Gasteiger partial charge < -0.3 is 9.47 Å². The van der Waals surface area contributed by atoms with Crippen LogP contribution in [0.25, 0.3) is 5.69 Å². The predicted octanol–water partition coefficient (Wildman–Crippen LogP) is 2.24. The van der Waals surface area contributed by atoms with Gasteiger partial charge in [-0.1, -0.05) is 11.6 Å². The highest BCUT2D eigenvalue weighted by atomic mass is 35.5. The van der Waals surface area contributed by atoms with E-state index >= 15 is 0 Å². The number of benzene rings is 2. The van der Waals surface area contributed by atoms with Crippen molar-refractivity contribution in [2.24, 2.45) is 7.05 Å². The van der Waals surface area contributed by atoms with Gasteiger partial charge in [-0.15, -0.1) is 0 Å². The fourth-order valence-electron chi connectivity index (χ4n) is 3.06. The van der Waals surface area contributed by atoms with Crippen molar-refractivity contribution in [2.75, 3.05) is 7.11 Å². The van der Waals surface area contributed by atoms with Crippen molar-refractivity contribution in [3.05, 3.63) is 88.6 Å². The first-order chi connectivity index (χ1) is 16.8. The van der Waals surface area contributed by atoms with Crippen molar-refractivity contribution < 1.29 is 32.4 Å². The Morgan fingerprint density at radius 3 is 2.22 bits per heavy atom. The second-order valence-electron chi connectivity index (χ2n) is 7.05. The Bertz CT molecular complexity index is 1560. The number of hydrogen-bond acceptors (Lipinski definition) is 8. The minimum absolute atomic E-state index is 0.191. The Morgan fingerprint density at radius 1 is 1.06 bits per heavy atom. The van der Waals surface area contributed by atoms with E-state index in [-0.39, 0.29) is 16.1 Å². The van der Waals surface area contributed by atoms with Gasteiger partial charge in [-0.3, -0.25) is 14.9 Å². The molecule has 0 aliphatic heterocycles. The van der Waals surface area contributed by atoms with Gasteiger partial charge in [0.2, 0.25) is 0 Å². The summed E-state index contributed by atoms with van der Waals surface area (Å²) in [6.07, 6.45) is -4.72. The molecule has 36 heavy (non-hydrogen) atoms. The number of halogens is 4. The second-order valence-corrected chi connectivity index (χ2v) is 7.46. The first-order valence-corrected chi connectivity index (χ1v) is 9.97. The number of esters is 1. The van der Waals surface area contributed by atoms with Gasteiger partial charge in [0, 0.05) is 25.2 Å².